The van der Waals surface area contributed by atoms with Crippen molar-refractivity contribution in [3.05, 3.63) is 24.0 Å². The standard InChI is InChI=1S/C15H27N3/c1-5-7-10-18(13(3)6-2)15-8-9-17-14(11-15)12-16-4/h8-9,11,13,16H,5-7,10,12H2,1-4H3. The molecule has 0 radical (unpaired) electrons. The second kappa shape index (κ2) is 8.09. The summed E-state index contributed by atoms with van der Waals surface area (Å²) in [4.78, 5) is 6.89. The lowest BCUT2D eigenvalue weighted by Gasteiger charge is -2.31. The topological polar surface area (TPSA) is 28.2 Å². The van der Waals surface area contributed by atoms with Crippen LogP contribution < -0.4 is 10.2 Å². The van der Waals surface area contributed by atoms with E-state index in [0.717, 1.165) is 18.8 Å². The molecule has 1 aromatic rings. The molecule has 1 aromatic heterocycles. The normalized spacial score (nSPS) is 12.4. The minimum Gasteiger partial charge on any atom is -0.369 e. The van der Waals surface area contributed by atoms with Crippen molar-refractivity contribution in [1.82, 2.24) is 10.3 Å². The number of nitrogens with one attached hydrogen (secondary N) is 1. The second-order valence-electron chi connectivity index (χ2n) is 4.84. The average Bonchev–Trinajstić information content (AvgIpc) is 2.39. The summed E-state index contributed by atoms with van der Waals surface area (Å²) in [6, 6.07) is 4.92. The molecule has 1 rings (SSSR count). The highest BCUT2D eigenvalue weighted by molar-refractivity contribution is 5.47. The monoisotopic (exact) mass is 249 g/mol. The SMILES string of the molecule is CCCCN(c1ccnc(CNC)c1)C(C)CC. The fraction of sp³-hybridized carbons (Fsp3) is 0.667. The van der Waals surface area contributed by atoms with Gasteiger partial charge in [-0.2, -0.15) is 0 Å². The zero-order chi connectivity index (χ0) is 13.4. The van der Waals surface area contributed by atoms with Crippen LogP contribution in [0.4, 0.5) is 5.69 Å². The predicted octanol–water partition coefficient (Wildman–Crippen LogP) is 3.21. The summed E-state index contributed by atoms with van der Waals surface area (Å²) < 4.78 is 0. The molecule has 1 atom stereocenters. The Kier molecular flexibility index (Phi) is 6.73. The van der Waals surface area contributed by atoms with E-state index in [1.807, 2.05) is 13.2 Å². The van der Waals surface area contributed by atoms with Gasteiger partial charge < -0.3 is 10.2 Å². The van der Waals surface area contributed by atoms with Crippen molar-refractivity contribution in [1.29, 1.82) is 0 Å². The molecule has 0 amide bonds. The van der Waals surface area contributed by atoms with Crippen molar-refractivity contribution in [2.45, 2.75) is 52.6 Å². The average molecular weight is 249 g/mol. The number of pyridine rings is 1. The number of aromatic nitrogens is 1. The van der Waals surface area contributed by atoms with E-state index in [1.54, 1.807) is 0 Å². The maximum atomic E-state index is 4.39. The molecule has 0 saturated heterocycles. The molecule has 18 heavy (non-hydrogen) atoms. The smallest absolute Gasteiger partial charge is 0.0562 e. The Morgan fingerprint density at radius 1 is 1.39 bits per heavy atom. The number of nitrogens with zero attached hydrogens (tertiary/aromatic N) is 2. The van der Waals surface area contributed by atoms with E-state index in [4.69, 9.17) is 0 Å². The van der Waals surface area contributed by atoms with Crippen LogP contribution >= 0.6 is 0 Å². The van der Waals surface area contributed by atoms with Gasteiger partial charge >= 0.3 is 0 Å². The van der Waals surface area contributed by atoms with Gasteiger partial charge in [0.15, 0.2) is 0 Å². The molecule has 0 aromatic carbocycles. The fourth-order valence-corrected chi connectivity index (χ4v) is 2.07. The molecule has 3 heteroatoms. The van der Waals surface area contributed by atoms with E-state index in [-0.39, 0.29) is 0 Å². The highest BCUT2D eigenvalue weighted by atomic mass is 15.2. The van der Waals surface area contributed by atoms with E-state index < -0.39 is 0 Å². The summed E-state index contributed by atoms with van der Waals surface area (Å²) in [5.74, 6) is 0. The lowest BCUT2D eigenvalue weighted by molar-refractivity contribution is 0.595. The van der Waals surface area contributed by atoms with Crippen LogP contribution in [0.5, 0.6) is 0 Å². The summed E-state index contributed by atoms with van der Waals surface area (Å²) in [6.07, 6.45) is 5.58. The quantitative estimate of drug-likeness (QED) is 0.767. The van der Waals surface area contributed by atoms with E-state index in [1.165, 1.54) is 24.9 Å². The molecular weight excluding hydrogens is 222 g/mol. The van der Waals surface area contributed by atoms with E-state index >= 15 is 0 Å². The third-order valence-corrected chi connectivity index (χ3v) is 3.37. The van der Waals surface area contributed by atoms with Crippen LogP contribution in [0.2, 0.25) is 0 Å². The molecule has 1 heterocycles. The molecular formula is C15H27N3. The number of anilines is 1. The second-order valence-corrected chi connectivity index (χ2v) is 4.84. The maximum Gasteiger partial charge on any atom is 0.0562 e. The third-order valence-electron chi connectivity index (χ3n) is 3.37. The zero-order valence-electron chi connectivity index (χ0n) is 12.2. The van der Waals surface area contributed by atoms with Crippen LogP contribution in [-0.4, -0.2) is 24.6 Å². The number of hydrogen-bond acceptors (Lipinski definition) is 3. The lowest BCUT2D eigenvalue weighted by Crippen LogP contribution is -2.33. The van der Waals surface area contributed by atoms with Gasteiger partial charge in [-0.1, -0.05) is 20.3 Å². The van der Waals surface area contributed by atoms with Gasteiger partial charge in [0.05, 0.1) is 5.69 Å². The third kappa shape index (κ3) is 4.30. The summed E-state index contributed by atoms with van der Waals surface area (Å²) >= 11 is 0. The van der Waals surface area contributed by atoms with Gasteiger partial charge in [0.2, 0.25) is 0 Å². The van der Waals surface area contributed by atoms with Crippen molar-refractivity contribution in [3.8, 4) is 0 Å². The fourth-order valence-electron chi connectivity index (χ4n) is 2.07. The maximum absolute atomic E-state index is 4.39. The Bertz CT molecular complexity index is 338. The number of unbranched alkanes of at least 4 members (excludes halogenated alkanes) is 1. The molecule has 0 aliphatic carbocycles. The Morgan fingerprint density at radius 2 is 2.17 bits per heavy atom. The molecule has 1 N–H and O–H groups in total. The van der Waals surface area contributed by atoms with Crippen LogP contribution in [0.1, 0.15) is 45.7 Å². The van der Waals surface area contributed by atoms with Crippen molar-refractivity contribution in [2.24, 2.45) is 0 Å². The van der Waals surface area contributed by atoms with Crippen LogP contribution in [-0.2, 0) is 6.54 Å². The van der Waals surface area contributed by atoms with Crippen molar-refractivity contribution in [3.63, 3.8) is 0 Å². The van der Waals surface area contributed by atoms with Crippen molar-refractivity contribution < 1.29 is 0 Å². The van der Waals surface area contributed by atoms with Gasteiger partial charge in [0.1, 0.15) is 0 Å². The lowest BCUT2D eigenvalue weighted by atomic mass is 10.1. The van der Waals surface area contributed by atoms with Crippen molar-refractivity contribution >= 4 is 5.69 Å². The minimum absolute atomic E-state index is 0.585. The first kappa shape index (κ1) is 15.0. The zero-order valence-corrected chi connectivity index (χ0v) is 12.2. The van der Waals surface area contributed by atoms with Gasteiger partial charge in [0, 0.05) is 31.0 Å². The van der Waals surface area contributed by atoms with Crippen LogP contribution in [0.15, 0.2) is 18.3 Å². The van der Waals surface area contributed by atoms with Gasteiger partial charge in [-0.3, -0.25) is 4.98 Å². The van der Waals surface area contributed by atoms with Gasteiger partial charge in [0.25, 0.3) is 0 Å². The van der Waals surface area contributed by atoms with E-state index in [9.17, 15) is 0 Å². The molecule has 102 valence electrons. The molecule has 0 bridgehead atoms. The largest absolute Gasteiger partial charge is 0.369 e. The molecule has 0 aliphatic rings. The summed E-state index contributed by atoms with van der Waals surface area (Å²) in [6.45, 7) is 8.76. The van der Waals surface area contributed by atoms with Gasteiger partial charge in [-0.15, -0.1) is 0 Å². The highest BCUT2D eigenvalue weighted by Gasteiger charge is 2.12. The van der Waals surface area contributed by atoms with Crippen LogP contribution in [0, 0.1) is 0 Å². The first-order chi connectivity index (χ1) is 8.72. The first-order valence-corrected chi connectivity index (χ1v) is 7.09. The van der Waals surface area contributed by atoms with Gasteiger partial charge in [-0.05, 0) is 38.9 Å². The Hall–Kier alpha value is -1.09. The molecule has 1 unspecified atom stereocenters. The van der Waals surface area contributed by atoms with E-state index in [2.05, 4.69) is 48.1 Å². The summed E-state index contributed by atoms with van der Waals surface area (Å²) in [5, 5.41) is 3.16. The van der Waals surface area contributed by atoms with Crippen LogP contribution in [0.3, 0.4) is 0 Å². The molecule has 0 fully saturated rings. The van der Waals surface area contributed by atoms with Crippen molar-refractivity contribution in [2.75, 3.05) is 18.5 Å². The Labute approximate surface area is 112 Å². The first-order valence-electron chi connectivity index (χ1n) is 7.09. The Balaban J connectivity index is 2.85. The minimum atomic E-state index is 0.585. The number of hydrogen-bond donors (Lipinski definition) is 1. The highest BCUT2D eigenvalue weighted by Crippen LogP contribution is 2.19. The Morgan fingerprint density at radius 3 is 2.78 bits per heavy atom. The molecule has 0 spiro atoms. The summed E-state index contributed by atoms with van der Waals surface area (Å²) in [7, 11) is 1.96. The molecule has 0 saturated carbocycles. The van der Waals surface area contributed by atoms with E-state index in [0.29, 0.717) is 6.04 Å². The van der Waals surface area contributed by atoms with Gasteiger partial charge in [-0.25, -0.2) is 0 Å². The predicted molar refractivity (Wildman–Crippen MR) is 79.0 cm³/mol. The molecule has 0 aliphatic heterocycles. The summed E-state index contributed by atoms with van der Waals surface area (Å²) in [5.41, 5.74) is 2.41. The molecule has 3 nitrogen and oxygen atoms in total. The van der Waals surface area contributed by atoms with Crippen LogP contribution in [0.25, 0.3) is 0 Å². The number of rotatable bonds is 8.